The van der Waals surface area contributed by atoms with Crippen LogP contribution in [-0.2, 0) is 16.6 Å². The first-order valence-electron chi connectivity index (χ1n) is 6.30. The van der Waals surface area contributed by atoms with Crippen molar-refractivity contribution in [2.24, 2.45) is 17.9 Å². The van der Waals surface area contributed by atoms with E-state index >= 15 is 0 Å². The van der Waals surface area contributed by atoms with Gasteiger partial charge in [-0.15, -0.1) is 0 Å². The largest absolute Gasteiger partial charge is 0.462 e. The number of nitrogens with two attached hydrogens (primary N) is 1. The molecular weight excluding hydrogens is 272 g/mol. The van der Waals surface area contributed by atoms with E-state index < -0.39 is 0 Å². The molecule has 0 aliphatic carbocycles. The van der Waals surface area contributed by atoms with E-state index in [-0.39, 0.29) is 11.4 Å². The zero-order valence-corrected chi connectivity index (χ0v) is 12.6. The number of carbonyl (C=O) groups is 1. The number of benzene rings is 1. The number of amidine groups is 1. The van der Waals surface area contributed by atoms with Crippen LogP contribution in [0, 0.1) is 0 Å². The second kappa shape index (κ2) is 6.74. The summed E-state index contributed by atoms with van der Waals surface area (Å²) in [7, 11) is 1.85. The van der Waals surface area contributed by atoms with Gasteiger partial charge in [-0.3, -0.25) is 9.48 Å². The van der Waals surface area contributed by atoms with Gasteiger partial charge in [-0.2, -0.15) is 5.10 Å². The molecule has 1 aromatic heterocycles. The summed E-state index contributed by atoms with van der Waals surface area (Å²) >= 11 is 0. The van der Waals surface area contributed by atoms with Gasteiger partial charge in [-0.05, 0) is 26.8 Å². The molecule has 21 heavy (non-hydrogen) atoms. The molecule has 0 amide bonds. The second-order valence-corrected chi connectivity index (χ2v) is 5.32. The normalized spacial score (nSPS) is 11.7. The smallest absolute Gasteiger partial charge is 0.293 e. The standard InChI is InChI=1S/C9H10N4O.C5H10O2/c1-13-8-4-2-3-6(9(10)12-14)7(8)5-11-13;1-5(2,3)7-4-6/h2-5,14H,1H3,(H2,10,12);4H,1-3H3. The molecule has 0 aliphatic rings. The number of hydrogen-bond acceptors (Lipinski definition) is 5. The fourth-order valence-corrected chi connectivity index (χ4v) is 1.60. The van der Waals surface area contributed by atoms with Gasteiger partial charge in [0.1, 0.15) is 5.60 Å². The molecule has 2 aromatic rings. The molecule has 1 aromatic carbocycles. The fourth-order valence-electron chi connectivity index (χ4n) is 1.60. The molecule has 7 nitrogen and oxygen atoms in total. The summed E-state index contributed by atoms with van der Waals surface area (Å²) < 4.78 is 6.29. The molecule has 0 unspecified atom stereocenters. The Morgan fingerprint density at radius 3 is 2.62 bits per heavy atom. The zero-order valence-electron chi connectivity index (χ0n) is 12.6. The van der Waals surface area contributed by atoms with Crippen molar-refractivity contribution in [1.82, 2.24) is 9.78 Å². The molecule has 0 saturated carbocycles. The number of nitrogens with zero attached hydrogens (tertiary/aromatic N) is 3. The minimum atomic E-state index is -0.318. The lowest BCUT2D eigenvalue weighted by atomic mass is 10.1. The maximum atomic E-state index is 9.60. The molecule has 7 heteroatoms. The highest BCUT2D eigenvalue weighted by molar-refractivity contribution is 6.07. The molecule has 0 aliphatic heterocycles. The Hall–Kier alpha value is -2.57. The van der Waals surface area contributed by atoms with Crippen LogP contribution in [0.4, 0.5) is 0 Å². The van der Waals surface area contributed by atoms with Gasteiger partial charge in [0.25, 0.3) is 6.47 Å². The van der Waals surface area contributed by atoms with Crippen LogP contribution in [0.15, 0.2) is 29.6 Å². The van der Waals surface area contributed by atoms with Crippen LogP contribution in [0.2, 0.25) is 0 Å². The van der Waals surface area contributed by atoms with E-state index in [1.165, 1.54) is 0 Å². The fraction of sp³-hybridized carbons (Fsp3) is 0.357. The first kappa shape index (κ1) is 16.5. The second-order valence-electron chi connectivity index (χ2n) is 5.32. The number of ether oxygens (including phenoxy) is 1. The number of rotatable bonds is 2. The Bertz CT molecular complexity index is 641. The number of hydrogen-bond donors (Lipinski definition) is 2. The number of oxime groups is 1. The summed E-state index contributed by atoms with van der Waals surface area (Å²) in [5.74, 6) is 0.101. The lowest BCUT2D eigenvalue weighted by molar-refractivity contribution is -0.138. The van der Waals surface area contributed by atoms with Crippen molar-refractivity contribution < 1.29 is 14.7 Å². The van der Waals surface area contributed by atoms with Gasteiger partial charge in [0.15, 0.2) is 5.84 Å². The van der Waals surface area contributed by atoms with Crippen molar-refractivity contribution in [1.29, 1.82) is 0 Å². The van der Waals surface area contributed by atoms with Crippen molar-refractivity contribution in [3.8, 4) is 0 Å². The van der Waals surface area contributed by atoms with Gasteiger partial charge in [0.05, 0.1) is 11.7 Å². The lowest BCUT2D eigenvalue weighted by Gasteiger charge is -2.14. The predicted octanol–water partition coefficient (Wildman–Crippen LogP) is 1.63. The van der Waals surface area contributed by atoms with Gasteiger partial charge in [0, 0.05) is 18.0 Å². The first-order valence-corrected chi connectivity index (χ1v) is 6.30. The van der Waals surface area contributed by atoms with Crippen molar-refractivity contribution in [2.75, 3.05) is 0 Å². The third kappa shape index (κ3) is 4.48. The maximum absolute atomic E-state index is 9.60. The molecule has 1 heterocycles. The van der Waals surface area contributed by atoms with Crippen LogP contribution >= 0.6 is 0 Å². The average Bonchev–Trinajstić information content (AvgIpc) is 2.79. The monoisotopic (exact) mass is 292 g/mol. The Kier molecular flexibility index (Phi) is 5.29. The van der Waals surface area contributed by atoms with Crippen LogP contribution in [0.5, 0.6) is 0 Å². The average molecular weight is 292 g/mol. The van der Waals surface area contributed by atoms with Crippen LogP contribution in [0.25, 0.3) is 10.9 Å². The van der Waals surface area contributed by atoms with Crippen molar-refractivity contribution >= 4 is 23.2 Å². The Morgan fingerprint density at radius 2 is 2.14 bits per heavy atom. The summed E-state index contributed by atoms with van der Waals surface area (Å²) in [4.78, 5) is 9.60. The lowest BCUT2D eigenvalue weighted by Crippen LogP contribution is -2.17. The van der Waals surface area contributed by atoms with E-state index in [0.717, 1.165) is 10.9 Å². The minimum Gasteiger partial charge on any atom is -0.462 e. The molecular formula is C14H20N4O3. The van der Waals surface area contributed by atoms with Gasteiger partial charge in [-0.1, -0.05) is 17.3 Å². The molecule has 114 valence electrons. The topological polar surface area (TPSA) is 103 Å². The summed E-state index contributed by atoms with van der Waals surface area (Å²) in [6.45, 7) is 5.92. The highest BCUT2D eigenvalue weighted by Gasteiger charge is 2.08. The summed E-state index contributed by atoms with van der Waals surface area (Å²) in [6, 6.07) is 5.56. The van der Waals surface area contributed by atoms with E-state index in [4.69, 9.17) is 10.9 Å². The Labute approximate surface area is 123 Å². The molecule has 0 fully saturated rings. The number of carbonyl (C=O) groups excluding carboxylic acids is 1. The molecule has 0 spiro atoms. The molecule has 0 radical (unpaired) electrons. The molecule has 0 bridgehead atoms. The summed E-state index contributed by atoms with van der Waals surface area (Å²) in [5, 5.41) is 16.5. The number of aromatic nitrogens is 2. The van der Waals surface area contributed by atoms with Gasteiger partial charge < -0.3 is 15.7 Å². The van der Waals surface area contributed by atoms with E-state index in [1.54, 1.807) is 16.9 Å². The number of aryl methyl sites for hydroxylation is 1. The van der Waals surface area contributed by atoms with Gasteiger partial charge in [-0.25, -0.2) is 0 Å². The predicted molar refractivity (Wildman–Crippen MR) is 80.1 cm³/mol. The third-order valence-electron chi connectivity index (χ3n) is 2.58. The molecule has 0 atom stereocenters. The van der Waals surface area contributed by atoms with Crippen molar-refractivity contribution in [3.63, 3.8) is 0 Å². The summed E-state index contributed by atoms with van der Waals surface area (Å²) in [5.41, 5.74) is 6.86. The van der Waals surface area contributed by atoms with Crippen LogP contribution in [0.1, 0.15) is 26.3 Å². The Balaban J connectivity index is 0.000000270. The zero-order chi connectivity index (χ0) is 16.0. The van der Waals surface area contributed by atoms with Crippen LogP contribution in [0.3, 0.4) is 0 Å². The Morgan fingerprint density at radius 1 is 1.48 bits per heavy atom. The van der Waals surface area contributed by atoms with Gasteiger partial charge in [0.2, 0.25) is 0 Å². The molecule has 3 N–H and O–H groups in total. The first-order chi connectivity index (χ1) is 9.80. The highest BCUT2D eigenvalue weighted by Crippen LogP contribution is 2.17. The van der Waals surface area contributed by atoms with E-state index in [0.29, 0.717) is 12.0 Å². The molecule has 0 saturated heterocycles. The van der Waals surface area contributed by atoms with E-state index in [9.17, 15) is 4.79 Å². The van der Waals surface area contributed by atoms with E-state index in [1.807, 2.05) is 40.0 Å². The van der Waals surface area contributed by atoms with Gasteiger partial charge >= 0.3 is 0 Å². The van der Waals surface area contributed by atoms with Crippen molar-refractivity contribution in [2.45, 2.75) is 26.4 Å². The van der Waals surface area contributed by atoms with Crippen molar-refractivity contribution in [3.05, 3.63) is 30.0 Å². The third-order valence-corrected chi connectivity index (χ3v) is 2.58. The maximum Gasteiger partial charge on any atom is 0.293 e. The van der Waals surface area contributed by atoms with Crippen LogP contribution in [-0.4, -0.2) is 32.9 Å². The van der Waals surface area contributed by atoms with Crippen LogP contribution < -0.4 is 5.73 Å². The minimum absolute atomic E-state index is 0.101. The SMILES string of the molecule is CC(C)(C)OC=O.Cn1ncc2c(/C(N)=N\O)cccc21. The summed E-state index contributed by atoms with van der Waals surface area (Å²) in [6.07, 6.45) is 1.70. The van der Waals surface area contributed by atoms with E-state index in [2.05, 4.69) is 15.0 Å². The number of fused-ring (bicyclic) bond motifs is 1. The molecule has 2 rings (SSSR count). The highest BCUT2D eigenvalue weighted by atomic mass is 16.5. The quantitative estimate of drug-likeness (QED) is 0.288.